The first kappa shape index (κ1) is 12.4. The van der Waals surface area contributed by atoms with Crippen molar-refractivity contribution in [3.8, 4) is 0 Å². The van der Waals surface area contributed by atoms with Crippen LogP contribution in [0.4, 0.5) is 0 Å². The lowest BCUT2D eigenvalue weighted by Crippen LogP contribution is -2.16. The number of halogens is 1. The molecule has 0 saturated heterocycles. The third kappa shape index (κ3) is 3.86. The Kier molecular flexibility index (Phi) is 4.25. The van der Waals surface area contributed by atoms with Gasteiger partial charge < -0.3 is 5.11 Å². The summed E-state index contributed by atoms with van der Waals surface area (Å²) < 4.78 is 0. The van der Waals surface area contributed by atoms with Crippen LogP contribution < -0.4 is 0 Å². The minimum Gasteiger partial charge on any atom is -0.481 e. The van der Waals surface area contributed by atoms with Crippen molar-refractivity contribution < 1.29 is 14.8 Å². The largest absolute Gasteiger partial charge is 0.481 e. The smallest absolute Gasteiger partial charge is 0.304 e. The van der Waals surface area contributed by atoms with Crippen LogP contribution in [0.3, 0.4) is 0 Å². The van der Waals surface area contributed by atoms with Gasteiger partial charge in [0.05, 0.1) is 12.3 Å². The molecule has 0 heterocycles. The SMILES string of the molecule is O=C(O)C[C@H](C[N+](=O)[O-])c1ccc(Cl)cc1. The van der Waals surface area contributed by atoms with E-state index in [0.29, 0.717) is 10.6 Å². The van der Waals surface area contributed by atoms with Crippen molar-refractivity contribution in [2.45, 2.75) is 12.3 Å². The highest BCUT2D eigenvalue weighted by molar-refractivity contribution is 6.30. The molecule has 16 heavy (non-hydrogen) atoms. The van der Waals surface area contributed by atoms with Gasteiger partial charge in [0.25, 0.3) is 0 Å². The van der Waals surface area contributed by atoms with Gasteiger partial charge in [-0.05, 0) is 17.7 Å². The number of hydrogen-bond acceptors (Lipinski definition) is 3. The molecule has 1 aromatic rings. The Balaban J connectivity index is 2.86. The fraction of sp³-hybridized carbons (Fsp3) is 0.300. The first-order chi connectivity index (χ1) is 7.49. The number of carboxylic acid groups (broad SMARTS) is 1. The van der Waals surface area contributed by atoms with E-state index in [0.717, 1.165) is 0 Å². The van der Waals surface area contributed by atoms with Gasteiger partial charge in [-0.3, -0.25) is 14.9 Å². The van der Waals surface area contributed by atoms with Gasteiger partial charge >= 0.3 is 5.97 Å². The Labute approximate surface area is 96.8 Å². The number of aliphatic carboxylic acids is 1. The van der Waals surface area contributed by atoms with Crippen LogP contribution in [-0.2, 0) is 4.79 Å². The molecular weight excluding hydrogens is 234 g/mol. The van der Waals surface area contributed by atoms with Crippen molar-refractivity contribution >= 4 is 17.6 Å². The lowest BCUT2D eigenvalue weighted by atomic mass is 9.96. The molecule has 86 valence electrons. The van der Waals surface area contributed by atoms with E-state index in [9.17, 15) is 14.9 Å². The molecule has 1 aromatic carbocycles. The summed E-state index contributed by atoms with van der Waals surface area (Å²) in [7, 11) is 0. The van der Waals surface area contributed by atoms with Crippen LogP contribution in [0.15, 0.2) is 24.3 Å². The summed E-state index contributed by atoms with van der Waals surface area (Å²) in [6, 6.07) is 6.40. The summed E-state index contributed by atoms with van der Waals surface area (Å²) >= 11 is 5.68. The predicted molar refractivity (Wildman–Crippen MR) is 58.3 cm³/mol. The maximum Gasteiger partial charge on any atom is 0.304 e. The van der Waals surface area contributed by atoms with E-state index in [2.05, 4.69) is 0 Å². The van der Waals surface area contributed by atoms with Gasteiger partial charge in [0.2, 0.25) is 6.54 Å². The lowest BCUT2D eigenvalue weighted by molar-refractivity contribution is -0.483. The highest BCUT2D eigenvalue weighted by Gasteiger charge is 2.20. The maximum absolute atomic E-state index is 10.6. The molecule has 1 N–H and O–H groups in total. The van der Waals surface area contributed by atoms with Gasteiger partial charge in [0.15, 0.2) is 0 Å². The number of hydrogen-bond donors (Lipinski definition) is 1. The number of carboxylic acids is 1. The van der Waals surface area contributed by atoms with Gasteiger partial charge in [-0.15, -0.1) is 0 Å². The minimum atomic E-state index is -1.05. The molecule has 0 saturated carbocycles. The molecular formula is C10H10ClNO4. The second-order valence-corrected chi connectivity index (χ2v) is 3.80. The van der Waals surface area contributed by atoms with Crippen LogP contribution >= 0.6 is 11.6 Å². The molecule has 0 aliphatic heterocycles. The van der Waals surface area contributed by atoms with Crippen molar-refractivity contribution in [2.75, 3.05) is 6.54 Å². The highest BCUT2D eigenvalue weighted by Crippen LogP contribution is 2.21. The molecule has 0 aliphatic carbocycles. The molecule has 0 fully saturated rings. The molecule has 0 amide bonds. The molecule has 0 radical (unpaired) electrons. The Morgan fingerprint density at radius 3 is 2.44 bits per heavy atom. The van der Waals surface area contributed by atoms with Crippen LogP contribution in [0, 0.1) is 10.1 Å². The summed E-state index contributed by atoms with van der Waals surface area (Å²) in [5.41, 5.74) is 0.614. The van der Waals surface area contributed by atoms with Crippen molar-refractivity contribution in [3.63, 3.8) is 0 Å². The van der Waals surface area contributed by atoms with E-state index in [1.807, 2.05) is 0 Å². The second-order valence-electron chi connectivity index (χ2n) is 3.36. The number of nitro groups is 1. The van der Waals surface area contributed by atoms with E-state index in [1.54, 1.807) is 24.3 Å². The van der Waals surface area contributed by atoms with Crippen LogP contribution in [0.25, 0.3) is 0 Å². The minimum absolute atomic E-state index is 0.261. The zero-order chi connectivity index (χ0) is 12.1. The van der Waals surface area contributed by atoms with Crippen molar-refractivity contribution in [3.05, 3.63) is 45.0 Å². The van der Waals surface area contributed by atoms with E-state index in [-0.39, 0.29) is 6.42 Å². The van der Waals surface area contributed by atoms with Crippen molar-refractivity contribution in [1.82, 2.24) is 0 Å². The first-order valence-electron chi connectivity index (χ1n) is 4.58. The van der Waals surface area contributed by atoms with Gasteiger partial charge in [-0.1, -0.05) is 23.7 Å². The summed E-state index contributed by atoms with van der Waals surface area (Å²) in [4.78, 5) is 20.5. The Hall–Kier alpha value is -1.62. The normalized spacial score (nSPS) is 12.1. The highest BCUT2D eigenvalue weighted by atomic mass is 35.5. The van der Waals surface area contributed by atoms with Gasteiger partial charge in [0.1, 0.15) is 0 Å². The van der Waals surface area contributed by atoms with Crippen LogP contribution in [0.1, 0.15) is 17.9 Å². The number of carbonyl (C=O) groups is 1. The van der Waals surface area contributed by atoms with E-state index in [1.165, 1.54) is 0 Å². The second kappa shape index (κ2) is 5.46. The van der Waals surface area contributed by atoms with Gasteiger partial charge in [0, 0.05) is 9.95 Å². The lowest BCUT2D eigenvalue weighted by Gasteiger charge is -2.10. The third-order valence-corrected chi connectivity index (χ3v) is 2.38. The van der Waals surface area contributed by atoms with Crippen LogP contribution in [0.5, 0.6) is 0 Å². The van der Waals surface area contributed by atoms with E-state index >= 15 is 0 Å². The molecule has 0 bridgehead atoms. The van der Waals surface area contributed by atoms with E-state index in [4.69, 9.17) is 16.7 Å². The van der Waals surface area contributed by atoms with Crippen LogP contribution in [0.2, 0.25) is 5.02 Å². The van der Waals surface area contributed by atoms with Gasteiger partial charge in [-0.2, -0.15) is 0 Å². The topological polar surface area (TPSA) is 80.4 Å². The molecule has 0 unspecified atom stereocenters. The average Bonchev–Trinajstić information content (AvgIpc) is 2.16. The monoisotopic (exact) mass is 243 g/mol. The molecule has 0 spiro atoms. The number of benzene rings is 1. The number of rotatable bonds is 5. The van der Waals surface area contributed by atoms with Crippen molar-refractivity contribution in [2.24, 2.45) is 0 Å². The summed E-state index contributed by atoms with van der Waals surface area (Å²) in [6.45, 7) is -0.395. The molecule has 6 heteroatoms. The average molecular weight is 244 g/mol. The van der Waals surface area contributed by atoms with E-state index < -0.39 is 23.4 Å². The summed E-state index contributed by atoms with van der Waals surface area (Å²) in [6.07, 6.45) is -0.261. The fourth-order valence-corrected chi connectivity index (χ4v) is 1.54. The third-order valence-electron chi connectivity index (χ3n) is 2.13. The maximum atomic E-state index is 10.6. The Bertz CT molecular complexity index is 374. The summed E-state index contributed by atoms with van der Waals surface area (Å²) in [5.74, 6) is -1.67. The predicted octanol–water partition coefficient (Wildman–Crippen LogP) is 2.17. The zero-order valence-electron chi connectivity index (χ0n) is 8.30. The molecule has 1 atom stereocenters. The zero-order valence-corrected chi connectivity index (χ0v) is 9.05. The molecule has 0 aliphatic rings. The van der Waals surface area contributed by atoms with Crippen LogP contribution in [-0.4, -0.2) is 22.5 Å². The quantitative estimate of drug-likeness (QED) is 0.635. The number of nitrogens with zero attached hydrogens (tertiary/aromatic N) is 1. The molecule has 1 rings (SSSR count). The molecule has 5 nitrogen and oxygen atoms in total. The fourth-order valence-electron chi connectivity index (χ4n) is 1.41. The first-order valence-corrected chi connectivity index (χ1v) is 4.96. The molecule has 0 aromatic heterocycles. The summed E-state index contributed by atoms with van der Waals surface area (Å²) in [5, 5.41) is 19.6. The Morgan fingerprint density at radius 2 is 2.00 bits per heavy atom. The Morgan fingerprint density at radius 1 is 1.44 bits per heavy atom. The standard InChI is InChI=1S/C10H10ClNO4/c11-9-3-1-7(2-4-9)8(5-10(13)14)6-12(15)16/h1-4,8H,5-6H2,(H,13,14)/t8-/m1/s1. The van der Waals surface area contributed by atoms with Crippen molar-refractivity contribution in [1.29, 1.82) is 0 Å². The van der Waals surface area contributed by atoms with Gasteiger partial charge in [-0.25, -0.2) is 0 Å².